The lowest BCUT2D eigenvalue weighted by Gasteiger charge is -2.14. The average Bonchev–Trinajstić information content (AvgIpc) is 2.45. The number of rotatable bonds is 4. The van der Waals surface area contributed by atoms with Gasteiger partial charge in [-0.3, -0.25) is 4.68 Å². The maximum Gasteiger partial charge on any atom is 0.0618 e. The maximum absolute atomic E-state index is 5.15. The highest BCUT2D eigenvalue weighted by Crippen LogP contribution is 2.09. The molecule has 0 amide bonds. The number of aryl methyl sites for hydroxylation is 2. The second-order valence-electron chi connectivity index (χ2n) is 3.56. The Hall–Kier alpha value is -1.27. The summed E-state index contributed by atoms with van der Waals surface area (Å²) in [4.78, 5) is 0. The van der Waals surface area contributed by atoms with Crippen LogP contribution in [0, 0.1) is 26.2 Å². The van der Waals surface area contributed by atoms with Crippen LogP contribution in [0.1, 0.15) is 24.4 Å². The van der Waals surface area contributed by atoms with E-state index < -0.39 is 0 Å². The summed E-state index contributed by atoms with van der Waals surface area (Å²) in [7, 11) is 0. The largest absolute Gasteiger partial charge is 0.304 e. The molecule has 0 aliphatic carbocycles. The zero-order chi connectivity index (χ0) is 10.6. The summed E-state index contributed by atoms with van der Waals surface area (Å²) in [5, 5.41) is 7.59. The molecule has 3 heteroatoms. The third-order valence-corrected chi connectivity index (χ3v) is 2.13. The van der Waals surface area contributed by atoms with Gasteiger partial charge in [0.25, 0.3) is 0 Å². The van der Waals surface area contributed by atoms with Gasteiger partial charge in [0.2, 0.25) is 0 Å². The van der Waals surface area contributed by atoms with Gasteiger partial charge in [-0.15, -0.1) is 6.42 Å². The van der Waals surface area contributed by atoms with Crippen LogP contribution >= 0.6 is 0 Å². The maximum atomic E-state index is 5.15. The Morgan fingerprint density at radius 1 is 1.64 bits per heavy atom. The number of aromatic nitrogens is 2. The highest BCUT2D eigenvalue weighted by atomic mass is 15.3. The predicted molar refractivity (Wildman–Crippen MR) is 58.1 cm³/mol. The third kappa shape index (κ3) is 2.61. The molecule has 1 N–H and O–H groups in total. The van der Waals surface area contributed by atoms with Gasteiger partial charge in [0, 0.05) is 12.2 Å². The first-order chi connectivity index (χ1) is 6.65. The second-order valence-corrected chi connectivity index (χ2v) is 3.56. The fraction of sp³-hybridized carbons (Fsp3) is 0.545. The number of nitrogens with one attached hydrogen (secondary N) is 1. The van der Waals surface area contributed by atoms with Crippen LogP contribution in [0.5, 0.6) is 0 Å². The van der Waals surface area contributed by atoms with Crippen LogP contribution in [0.4, 0.5) is 0 Å². The van der Waals surface area contributed by atoms with Crippen molar-refractivity contribution in [1.82, 2.24) is 15.1 Å². The average molecular weight is 191 g/mol. The molecule has 0 radical (unpaired) electrons. The summed E-state index contributed by atoms with van der Waals surface area (Å²) in [5.74, 6) is 2.55. The van der Waals surface area contributed by atoms with Gasteiger partial charge in [-0.1, -0.05) is 5.92 Å². The lowest BCUT2D eigenvalue weighted by molar-refractivity contribution is 0.454. The molecule has 0 fully saturated rings. The van der Waals surface area contributed by atoms with E-state index in [2.05, 4.69) is 36.2 Å². The molecule has 1 aromatic rings. The summed E-state index contributed by atoms with van der Waals surface area (Å²) in [6.45, 7) is 7.67. The molecule has 1 aromatic heterocycles. The molecule has 1 unspecified atom stereocenters. The van der Waals surface area contributed by atoms with Crippen LogP contribution in [-0.2, 0) is 0 Å². The van der Waals surface area contributed by atoms with Gasteiger partial charge in [0.15, 0.2) is 0 Å². The van der Waals surface area contributed by atoms with E-state index in [9.17, 15) is 0 Å². The first-order valence-electron chi connectivity index (χ1n) is 4.82. The van der Waals surface area contributed by atoms with E-state index in [1.807, 2.05) is 11.6 Å². The monoisotopic (exact) mass is 191 g/mol. The van der Waals surface area contributed by atoms with Crippen LogP contribution < -0.4 is 5.32 Å². The van der Waals surface area contributed by atoms with E-state index in [0.29, 0.717) is 12.6 Å². The molecule has 1 heterocycles. The van der Waals surface area contributed by atoms with E-state index in [4.69, 9.17) is 6.42 Å². The molecule has 0 aromatic carbocycles. The van der Waals surface area contributed by atoms with E-state index >= 15 is 0 Å². The second kappa shape index (κ2) is 4.83. The van der Waals surface area contributed by atoms with Crippen LogP contribution in [0.15, 0.2) is 6.07 Å². The normalized spacial score (nSPS) is 12.4. The van der Waals surface area contributed by atoms with E-state index in [1.165, 1.54) is 5.69 Å². The summed E-state index contributed by atoms with van der Waals surface area (Å²) < 4.78 is 2.03. The van der Waals surface area contributed by atoms with Crippen molar-refractivity contribution in [1.29, 1.82) is 0 Å². The molecule has 76 valence electrons. The highest BCUT2D eigenvalue weighted by molar-refractivity contribution is 5.07. The van der Waals surface area contributed by atoms with Crippen molar-refractivity contribution in [3.63, 3.8) is 0 Å². The first kappa shape index (κ1) is 10.8. The van der Waals surface area contributed by atoms with Gasteiger partial charge in [-0.2, -0.15) is 5.10 Å². The minimum absolute atomic E-state index is 0.344. The lowest BCUT2D eigenvalue weighted by atomic mass is 10.3. The zero-order valence-corrected chi connectivity index (χ0v) is 9.04. The van der Waals surface area contributed by atoms with Crippen molar-refractivity contribution in [2.24, 2.45) is 0 Å². The van der Waals surface area contributed by atoms with Crippen molar-refractivity contribution >= 4 is 0 Å². The summed E-state index contributed by atoms with van der Waals surface area (Å²) in [6.07, 6.45) is 5.15. The van der Waals surface area contributed by atoms with Gasteiger partial charge < -0.3 is 5.32 Å². The van der Waals surface area contributed by atoms with Gasteiger partial charge in [0.1, 0.15) is 0 Å². The molecular weight excluding hydrogens is 174 g/mol. The molecule has 0 aliphatic rings. The van der Waals surface area contributed by atoms with E-state index in [-0.39, 0.29) is 0 Å². The van der Waals surface area contributed by atoms with Crippen LogP contribution in [0.25, 0.3) is 0 Å². The Morgan fingerprint density at radius 3 is 2.86 bits per heavy atom. The Kier molecular flexibility index (Phi) is 3.73. The number of hydrogen-bond acceptors (Lipinski definition) is 2. The summed E-state index contributed by atoms with van der Waals surface area (Å²) in [5.41, 5.74) is 2.25. The van der Waals surface area contributed by atoms with Gasteiger partial charge in [0.05, 0.1) is 18.3 Å². The SMILES string of the molecule is C#CCNCC(C)n1nc(C)cc1C. The zero-order valence-electron chi connectivity index (χ0n) is 9.04. The van der Waals surface area contributed by atoms with Crippen molar-refractivity contribution in [2.45, 2.75) is 26.8 Å². The number of terminal acetylenes is 1. The molecule has 0 bridgehead atoms. The Bertz CT molecular complexity index is 333. The number of nitrogens with zero attached hydrogens (tertiary/aromatic N) is 2. The quantitative estimate of drug-likeness (QED) is 0.574. The minimum atomic E-state index is 0.344. The highest BCUT2D eigenvalue weighted by Gasteiger charge is 2.07. The fourth-order valence-electron chi connectivity index (χ4n) is 1.53. The lowest BCUT2D eigenvalue weighted by Crippen LogP contribution is -2.25. The summed E-state index contributed by atoms with van der Waals surface area (Å²) >= 11 is 0. The van der Waals surface area contributed by atoms with Crippen LogP contribution in [0.3, 0.4) is 0 Å². The third-order valence-electron chi connectivity index (χ3n) is 2.13. The van der Waals surface area contributed by atoms with Crippen molar-refractivity contribution in [3.8, 4) is 12.3 Å². The van der Waals surface area contributed by atoms with Crippen LogP contribution in [0.2, 0.25) is 0 Å². The smallest absolute Gasteiger partial charge is 0.0618 e. The van der Waals surface area contributed by atoms with Crippen molar-refractivity contribution in [3.05, 3.63) is 17.5 Å². The van der Waals surface area contributed by atoms with E-state index in [1.54, 1.807) is 0 Å². The topological polar surface area (TPSA) is 29.9 Å². The molecule has 0 aliphatic heterocycles. The van der Waals surface area contributed by atoms with Crippen LogP contribution in [-0.4, -0.2) is 22.9 Å². The predicted octanol–water partition coefficient (Wildman–Crippen LogP) is 1.28. The molecule has 14 heavy (non-hydrogen) atoms. The standard InChI is InChI=1S/C11H17N3/c1-5-6-12-8-11(4)14-10(3)7-9(2)13-14/h1,7,11-12H,6,8H2,2-4H3. The van der Waals surface area contributed by atoms with Gasteiger partial charge in [-0.05, 0) is 26.8 Å². The van der Waals surface area contributed by atoms with Gasteiger partial charge in [-0.25, -0.2) is 0 Å². The molecule has 3 nitrogen and oxygen atoms in total. The van der Waals surface area contributed by atoms with Crippen molar-refractivity contribution < 1.29 is 0 Å². The van der Waals surface area contributed by atoms with Gasteiger partial charge >= 0.3 is 0 Å². The van der Waals surface area contributed by atoms with Crippen molar-refractivity contribution in [2.75, 3.05) is 13.1 Å². The molecule has 1 rings (SSSR count). The Morgan fingerprint density at radius 2 is 2.36 bits per heavy atom. The fourth-order valence-corrected chi connectivity index (χ4v) is 1.53. The summed E-state index contributed by atoms with van der Waals surface area (Å²) in [6, 6.07) is 2.43. The van der Waals surface area contributed by atoms with E-state index in [0.717, 1.165) is 12.2 Å². The Labute approximate surface area is 85.5 Å². The first-order valence-corrected chi connectivity index (χ1v) is 4.82. The molecule has 0 spiro atoms. The molecular formula is C11H17N3. The minimum Gasteiger partial charge on any atom is -0.304 e. The molecule has 1 atom stereocenters. The molecule has 0 saturated carbocycles. The molecule has 0 saturated heterocycles. The Balaban J connectivity index is 2.56. The number of hydrogen-bond donors (Lipinski definition) is 1.